The summed E-state index contributed by atoms with van der Waals surface area (Å²) in [6.07, 6.45) is 1.01. The minimum atomic E-state index is -3.59. The van der Waals surface area contributed by atoms with Crippen LogP contribution in [0.4, 0.5) is 11.4 Å². The number of carbonyl (C=O) groups excluding carboxylic acids is 1. The van der Waals surface area contributed by atoms with E-state index in [1.807, 2.05) is 13.8 Å². The Balaban J connectivity index is 1.74. The van der Waals surface area contributed by atoms with Gasteiger partial charge in [-0.2, -0.15) is 4.31 Å². The van der Waals surface area contributed by atoms with Crippen molar-refractivity contribution >= 4 is 27.3 Å². The van der Waals surface area contributed by atoms with E-state index in [0.29, 0.717) is 30.6 Å². The van der Waals surface area contributed by atoms with Gasteiger partial charge in [0.1, 0.15) is 0 Å². The van der Waals surface area contributed by atoms with Gasteiger partial charge in [-0.05, 0) is 48.6 Å². The van der Waals surface area contributed by atoms with Gasteiger partial charge in [0.2, 0.25) is 10.0 Å². The molecule has 1 fully saturated rings. The molecule has 1 aliphatic heterocycles. The fourth-order valence-electron chi connectivity index (χ4n) is 3.63. The topological polar surface area (TPSA) is 110 Å². The summed E-state index contributed by atoms with van der Waals surface area (Å²) in [6.45, 7) is 5.09. The average Bonchev–Trinajstić information content (AvgIpc) is 2.67. The molecule has 0 aromatic heterocycles. The van der Waals surface area contributed by atoms with Crippen LogP contribution in [-0.4, -0.2) is 36.6 Å². The Morgan fingerprint density at radius 3 is 2.31 bits per heavy atom. The first-order chi connectivity index (χ1) is 13.7. The lowest BCUT2D eigenvalue weighted by molar-refractivity contribution is -0.384. The Hall–Kier alpha value is -2.78. The van der Waals surface area contributed by atoms with Crippen LogP contribution in [0.2, 0.25) is 0 Å². The molecule has 1 saturated heterocycles. The van der Waals surface area contributed by atoms with Crippen LogP contribution >= 0.6 is 0 Å². The monoisotopic (exact) mass is 417 g/mol. The number of nitrogens with zero attached hydrogens (tertiary/aromatic N) is 2. The number of anilines is 1. The Kier molecular flexibility index (Phi) is 5.99. The van der Waals surface area contributed by atoms with E-state index in [1.54, 1.807) is 0 Å². The second-order valence-corrected chi connectivity index (χ2v) is 9.49. The molecule has 1 aliphatic rings. The molecule has 1 amide bonds. The molecule has 2 aromatic carbocycles. The van der Waals surface area contributed by atoms with Gasteiger partial charge in [-0.15, -0.1) is 0 Å². The molecule has 0 radical (unpaired) electrons. The minimum Gasteiger partial charge on any atom is -0.322 e. The van der Waals surface area contributed by atoms with Crippen molar-refractivity contribution in [1.82, 2.24) is 4.31 Å². The van der Waals surface area contributed by atoms with Crippen molar-refractivity contribution in [3.8, 4) is 0 Å². The fourth-order valence-corrected chi connectivity index (χ4v) is 5.30. The van der Waals surface area contributed by atoms with Crippen LogP contribution in [-0.2, 0) is 10.0 Å². The number of benzene rings is 2. The number of rotatable bonds is 5. The molecule has 2 aromatic rings. The maximum atomic E-state index is 12.9. The molecule has 0 aliphatic carbocycles. The largest absolute Gasteiger partial charge is 0.322 e. The minimum absolute atomic E-state index is 0.146. The molecule has 29 heavy (non-hydrogen) atoms. The van der Waals surface area contributed by atoms with Gasteiger partial charge in [0.15, 0.2) is 0 Å². The lowest BCUT2D eigenvalue weighted by Crippen LogP contribution is -2.42. The highest BCUT2D eigenvalue weighted by atomic mass is 32.2. The number of nitro benzene ring substituents is 1. The van der Waals surface area contributed by atoms with Crippen molar-refractivity contribution in [3.63, 3.8) is 0 Å². The molecular weight excluding hydrogens is 394 g/mol. The SMILES string of the molecule is C[C@H]1C[C@H](C)CN(S(=O)(=O)c2ccc(NC(=O)c3cccc([N+](=O)[O-])c3)cc2)C1. The quantitative estimate of drug-likeness (QED) is 0.591. The number of hydrogen-bond donors (Lipinski definition) is 1. The van der Waals surface area contributed by atoms with Gasteiger partial charge in [0.05, 0.1) is 9.82 Å². The van der Waals surface area contributed by atoms with E-state index in [4.69, 9.17) is 0 Å². The highest BCUT2D eigenvalue weighted by molar-refractivity contribution is 7.89. The molecular formula is C20H23N3O5S. The number of piperidine rings is 1. The van der Waals surface area contributed by atoms with Crippen LogP contribution in [0.3, 0.4) is 0 Å². The van der Waals surface area contributed by atoms with Crippen LogP contribution < -0.4 is 5.32 Å². The normalized spacial score (nSPS) is 20.2. The first kappa shape index (κ1) is 20.9. The van der Waals surface area contributed by atoms with Crippen LogP contribution in [0.5, 0.6) is 0 Å². The van der Waals surface area contributed by atoms with Crippen molar-refractivity contribution in [2.75, 3.05) is 18.4 Å². The van der Waals surface area contributed by atoms with E-state index >= 15 is 0 Å². The van der Waals surface area contributed by atoms with Crippen molar-refractivity contribution in [1.29, 1.82) is 0 Å². The van der Waals surface area contributed by atoms with Crippen molar-refractivity contribution < 1.29 is 18.1 Å². The summed E-state index contributed by atoms with van der Waals surface area (Å²) < 4.78 is 27.3. The van der Waals surface area contributed by atoms with Crippen LogP contribution in [0.1, 0.15) is 30.6 Å². The van der Waals surface area contributed by atoms with Gasteiger partial charge in [-0.3, -0.25) is 14.9 Å². The highest BCUT2D eigenvalue weighted by Gasteiger charge is 2.31. The van der Waals surface area contributed by atoms with E-state index in [1.165, 1.54) is 52.8 Å². The predicted molar refractivity (Wildman–Crippen MR) is 109 cm³/mol. The fraction of sp³-hybridized carbons (Fsp3) is 0.350. The summed E-state index contributed by atoms with van der Waals surface area (Å²) in [4.78, 5) is 22.8. The third-order valence-corrected chi connectivity index (χ3v) is 6.75. The van der Waals surface area contributed by atoms with Gasteiger partial charge in [0.25, 0.3) is 11.6 Å². The zero-order valence-corrected chi connectivity index (χ0v) is 17.1. The van der Waals surface area contributed by atoms with Crippen LogP contribution in [0.15, 0.2) is 53.4 Å². The summed E-state index contributed by atoms with van der Waals surface area (Å²) in [5, 5.41) is 13.5. The Morgan fingerprint density at radius 1 is 1.10 bits per heavy atom. The lowest BCUT2D eigenvalue weighted by Gasteiger charge is -2.34. The molecule has 0 spiro atoms. The average molecular weight is 417 g/mol. The molecule has 154 valence electrons. The zero-order chi connectivity index (χ0) is 21.2. The van der Waals surface area contributed by atoms with Gasteiger partial charge >= 0.3 is 0 Å². The number of carbonyl (C=O) groups is 1. The van der Waals surface area contributed by atoms with Gasteiger partial charge in [-0.25, -0.2) is 8.42 Å². The molecule has 1 heterocycles. The number of nitro groups is 1. The predicted octanol–water partition coefficient (Wildman–Crippen LogP) is 3.51. The Labute approximate surface area is 169 Å². The van der Waals surface area contributed by atoms with Gasteiger partial charge < -0.3 is 5.32 Å². The molecule has 0 bridgehead atoms. The van der Waals surface area contributed by atoms with E-state index < -0.39 is 20.9 Å². The molecule has 2 atom stereocenters. The van der Waals surface area contributed by atoms with Crippen molar-refractivity contribution in [2.24, 2.45) is 11.8 Å². The van der Waals surface area contributed by atoms with Crippen molar-refractivity contribution in [3.05, 3.63) is 64.2 Å². The molecule has 3 rings (SSSR count). The molecule has 1 N–H and O–H groups in total. The highest BCUT2D eigenvalue weighted by Crippen LogP contribution is 2.27. The molecule has 0 unspecified atom stereocenters. The third-order valence-electron chi connectivity index (χ3n) is 4.90. The summed E-state index contributed by atoms with van der Waals surface area (Å²) >= 11 is 0. The Morgan fingerprint density at radius 2 is 1.72 bits per heavy atom. The third kappa shape index (κ3) is 4.80. The standard InChI is InChI=1S/C20H23N3O5S/c1-14-10-15(2)13-22(12-14)29(27,28)19-8-6-17(7-9-19)21-20(24)16-4-3-5-18(11-16)23(25)26/h3-9,11,14-15H,10,12-13H2,1-2H3,(H,21,24)/t14-,15-/m0/s1. The van der Waals surface area contributed by atoms with Crippen LogP contribution in [0, 0.1) is 22.0 Å². The van der Waals surface area contributed by atoms with E-state index in [9.17, 15) is 23.3 Å². The summed E-state index contributed by atoms with van der Waals surface area (Å²) in [5.74, 6) is 0.104. The van der Waals surface area contributed by atoms with E-state index in [2.05, 4.69) is 5.32 Å². The molecule has 8 nitrogen and oxygen atoms in total. The first-order valence-corrected chi connectivity index (χ1v) is 10.8. The summed E-state index contributed by atoms with van der Waals surface area (Å²) in [5.41, 5.74) is 0.372. The first-order valence-electron chi connectivity index (χ1n) is 9.33. The number of sulfonamides is 1. The second kappa shape index (κ2) is 8.30. The van der Waals surface area contributed by atoms with Gasteiger partial charge in [-0.1, -0.05) is 19.9 Å². The number of amides is 1. The van der Waals surface area contributed by atoms with Gasteiger partial charge in [0, 0.05) is 36.5 Å². The molecule has 9 heteroatoms. The second-order valence-electron chi connectivity index (χ2n) is 7.55. The zero-order valence-electron chi connectivity index (χ0n) is 16.2. The summed E-state index contributed by atoms with van der Waals surface area (Å²) in [7, 11) is -3.59. The van der Waals surface area contributed by atoms with E-state index in [-0.39, 0.29) is 16.1 Å². The van der Waals surface area contributed by atoms with E-state index in [0.717, 1.165) is 6.42 Å². The summed E-state index contributed by atoms with van der Waals surface area (Å²) in [6, 6.07) is 11.3. The van der Waals surface area contributed by atoms with Crippen molar-refractivity contribution in [2.45, 2.75) is 25.2 Å². The maximum Gasteiger partial charge on any atom is 0.270 e. The molecule has 0 saturated carbocycles. The smallest absolute Gasteiger partial charge is 0.270 e. The number of non-ortho nitro benzene ring substituents is 1. The Bertz CT molecular complexity index is 1010. The maximum absolute atomic E-state index is 12.9. The lowest BCUT2D eigenvalue weighted by atomic mass is 9.94. The van der Waals surface area contributed by atoms with Crippen LogP contribution in [0.25, 0.3) is 0 Å². The number of nitrogens with one attached hydrogen (secondary N) is 1. The number of hydrogen-bond acceptors (Lipinski definition) is 5.